The van der Waals surface area contributed by atoms with Crippen LogP contribution < -0.4 is 5.32 Å². The number of hydrogen-bond acceptors (Lipinski definition) is 2. The molecule has 3 heteroatoms. The number of carbonyl (C=O) groups is 1. The number of para-hydroxylation sites is 1. The highest BCUT2D eigenvalue weighted by Gasteiger charge is 2.21. The van der Waals surface area contributed by atoms with E-state index in [1.165, 1.54) is 5.56 Å². The Kier molecular flexibility index (Phi) is 2.23. The minimum absolute atomic E-state index is 0.229. The summed E-state index contributed by atoms with van der Waals surface area (Å²) in [5, 5.41) is 3.98. The number of hydrogen-bond donors (Lipinski definition) is 1. The molecule has 1 heterocycles. The molecule has 1 N–H and O–H groups in total. The van der Waals surface area contributed by atoms with E-state index in [2.05, 4.69) is 5.32 Å². The Balaban J connectivity index is 2.24. The lowest BCUT2D eigenvalue weighted by Crippen LogP contribution is -2.15. The highest BCUT2D eigenvalue weighted by molar-refractivity contribution is 6.33. The van der Waals surface area contributed by atoms with Crippen molar-refractivity contribution in [1.82, 2.24) is 0 Å². The molecule has 0 fully saturated rings. The largest absolute Gasteiger partial charge is 0.380 e. The SMILES string of the molecule is O=CCC1Cc2cccc(Cl)c2N1. The van der Waals surface area contributed by atoms with Crippen LogP contribution in [0.15, 0.2) is 18.2 Å². The molecule has 1 atom stereocenters. The van der Waals surface area contributed by atoms with Crippen LogP contribution in [0.25, 0.3) is 0 Å². The molecule has 0 aromatic heterocycles. The maximum atomic E-state index is 10.3. The second-order valence-electron chi connectivity index (χ2n) is 3.22. The van der Waals surface area contributed by atoms with E-state index in [0.29, 0.717) is 6.42 Å². The van der Waals surface area contributed by atoms with Gasteiger partial charge in [-0.15, -0.1) is 0 Å². The maximum absolute atomic E-state index is 10.3. The van der Waals surface area contributed by atoms with Crippen molar-refractivity contribution in [3.05, 3.63) is 28.8 Å². The number of rotatable bonds is 2. The first-order valence-corrected chi connectivity index (χ1v) is 4.66. The Labute approximate surface area is 81.9 Å². The van der Waals surface area contributed by atoms with E-state index in [1.54, 1.807) is 0 Å². The van der Waals surface area contributed by atoms with Crippen molar-refractivity contribution < 1.29 is 4.79 Å². The first-order chi connectivity index (χ1) is 6.31. The smallest absolute Gasteiger partial charge is 0.122 e. The third kappa shape index (κ3) is 1.54. The van der Waals surface area contributed by atoms with Crippen LogP contribution in [0.1, 0.15) is 12.0 Å². The van der Waals surface area contributed by atoms with Gasteiger partial charge in [-0.05, 0) is 18.1 Å². The molecule has 2 nitrogen and oxygen atoms in total. The van der Waals surface area contributed by atoms with Gasteiger partial charge in [-0.1, -0.05) is 23.7 Å². The Morgan fingerprint density at radius 1 is 1.62 bits per heavy atom. The molecule has 1 aliphatic heterocycles. The zero-order chi connectivity index (χ0) is 9.26. The molecule has 68 valence electrons. The van der Waals surface area contributed by atoms with Gasteiger partial charge in [0.05, 0.1) is 10.7 Å². The van der Waals surface area contributed by atoms with Gasteiger partial charge in [-0.25, -0.2) is 0 Å². The Morgan fingerprint density at radius 2 is 2.46 bits per heavy atom. The fourth-order valence-corrected chi connectivity index (χ4v) is 1.93. The second kappa shape index (κ2) is 3.38. The van der Waals surface area contributed by atoms with Crippen LogP contribution in [0.2, 0.25) is 5.02 Å². The zero-order valence-corrected chi connectivity index (χ0v) is 7.84. The minimum atomic E-state index is 0.229. The monoisotopic (exact) mass is 195 g/mol. The molecule has 1 aromatic rings. The highest BCUT2D eigenvalue weighted by Crippen LogP contribution is 2.33. The Hall–Kier alpha value is -1.02. The van der Waals surface area contributed by atoms with E-state index in [9.17, 15) is 4.79 Å². The molecule has 0 saturated heterocycles. The molecule has 13 heavy (non-hydrogen) atoms. The lowest BCUT2D eigenvalue weighted by Gasteiger charge is -2.06. The van der Waals surface area contributed by atoms with Crippen LogP contribution >= 0.6 is 11.6 Å². The molecule has 1 aromatic carbocycles. The molecule has 0 bridgehead atoms. The first kappa shape index (κ1) is 8.57. The summed E-state index contributed by atoms with van der Waals surface area (Å²) in [5.41, 5.74) is 2.20. The number of carbonyl (C=O) groups excluding carboxylic acids is 1. The van der Waals surface area contributed by atoms with E-state index < -0.39 is 0 Å². The predicted molar refractivity (Wildman–Crippen MR) is 53.2 cm³/mol. The fraction of sp³-hybridized carbons (Fsp3) is 0.300. The number of aldehydes is 1. The van der Waals surface area contributed by atoms with Crippen LogP contribution in [0.4, 0.5) is 5.69 Å². The average molecular weight is 196 g/mol. The molecule has 1 aliphatic rings. The topological polar surface area (TPSA) is 29.1 Å². The Bertz CT molecular complexity index is 338. The first-order valence-electron chi connectivity index (χ1n) is 4.29. The number of halogens is 1. The number of anilines is 1. The Morgan fingerprint density at radius 3 is 3.15 bits per heavy atom. The predicted octanol–water partition coefficient (Wildman–Crippen LogP) is 2.27. The van der Waals surface area contributed by atoms with Gasteiger partial charge in [0.25, 0.3) is 0 Å². The third-order valence-electron chi connectivity index (χ3n) is 2.30. The lowest BCUT2D eigenvalue weighted by molar-refractivity contribution is -0.108. The summed E-state index contributed by atoms with van der Waals surface area (Å²) in [6.07, 6.45) is 2.39. The lowest BCUT2D eigenvalue weighted by atomic mass is 10.1. The van der Waals surface area contributed by atoms with Gasteiger partial charge >= 0.3 is 0 Å². The number of benzene rings is 1. The summed E-state index contributed by atoms with van der Waals surface area (Å²) in [6, 6.07) is 6.06. The van der Waals surface area contributed by atoms with Crippen molar-refractivity contribution in [2.45, 2.75) is 18.9 Å². The van der Waals surface area contributed by atoms with E-state index in [0.717, 1.165) is 23.4 Å². The van der Waals surface area contributed by atoms with Crippen LogP contribution in [-0.2, 0) is 11.2 Å². The summed E-state index contributed by atoms with van der Waals surface area (Å²) in [5.74, 6) is 0. The normalized spacial score (nSPS) is 19.3. The van der Waals surface area contributed by atoms with Crippen molar-refractivity contribution in [2.75, 3.05) is 5.32 Å². The van der Waals surface area contributed by atoms with Crippen molar-refractivity contribution in [1.29, 1.82) is 0 Å². The summed E-state index contributed by atoms with van der Waals surface area (Å²) in [7, 11) is 0. The molecule has 0 aliphatic carbocycles. The summed E-state index contributed by atoms with van der Waals surface area (Å²) in [4.78, 5) is 10.3. The van der Waals surface area contributed by atoms with Crippen molar-refractivity contribution in [3.8, 4) is 0 Å². The van der Waals surface area contributed by atoms with Crippen molar-refractivity contribution in [3.63, 3.8) is 0 Å². The standard InChI is InChI=1S/C10H10ClNO/c11-9-3-1-2-7-6-8(4-5-13)12-10(7)9/h1-3,5,8,12H,4,6H2. The molecular weight excluding hydrogens is 186 g/mol. The van der Waals surface area contributed by atoms with Crippen LogP contribution in [0.3, 0.4) is 0 Å². The van der Waals surface area contributed by atoms with Gasteiger partial charge in [0.2, 0.25) is 0 Å². The highest BCUT2D eigenvalue weighted by atomic mass is 35.5. The van der Waals surface area contributed by atoms with Gasteiger partial charge in [-0.2, -0.15) is 0 Å². The van der Waals surface area contributed by atoms with Gasteiger partial charge in [0, 0.05) is 12.5 Å². The second-order valence-corrected chi connectivity index (χ2v) is 3.63. The molecule has 0 spiro atoms. The van der Waals surface area contributed by atoms with Gasteiger partial charge < -0.3 is 10.1 Å². The summed E-state index contributed by atoms with van der Waals surface area (Å²) in [6.45, 7) is 0. The van der Waals surface area contributed by atoms with E-state index in [1.807, 2.05) is 18.2 Å². The van der Waals surface area contributed by atoms with Crippen LogP contribution in [-0.4, -0.2) is 12.3 Å². The van der Waals surface area contributed by atoms with Gasteiger partial charge in [0.15, 0.2) is 0 Å². The summed E-state index contributed by atoms with van der Waals surface area (Å²) < 4.78 is 0. The van der Waals surface area contributed by atoms with Crippen molar-refractivity contribution in [2.24, 2.45) is 0 Å². The summed E-state index contributed by atoms with van der Waals surface area (Å²) >= 11 is 5.98. The van der Waals surface area contributed by atoms with E-state index in [-0.39, 0.29) is 6.04 Å². The molecule has 1 unspecified atom stereocenters. The molecule has 0 amide bonds. The van der Waals surface area contributed by atoms with E-state index >= 15 is 0 Å². The zero-order valence-electron chi connectivity index (χ0n) is 7.09. The quantitative estimate of drug-likeness (QED) is 0.734. The minimum Gasteiger partial charge on any atom is -0.380 e. The molecular formula is C10H10ClNO. The number of fused-ring (bicyclic) bond motifs is 1. The van der Waals surface area contributed by atoms with Crippen LogP contribution in [0.5, 0.6) is 0 Å². The third-order valence-corrected chi connectivity index (χ3v) is 2.61. The maximum Gasteiger partial charge on any atom is 0.122 e. The average Bonchev–Trinajstić information content (AvgIpc) is 2.49. The van der Waals surface area contributed by atoms with Crippen molar-refractivity contribution >= 4 is 23.6 Å². The van der Waals surface area contributed by atoms with Crippen LogP contribution in [0, 0.1) is 0 Å². The van der Waals surface area contributed by atoms with Gasteiger partial charge in [0.1, 0.15) is 6.29 Å². The van der Waals surface area contributed by atoms with Gasteiger partial charge in [-0.3, -0.25) is 0 Å². The molecule has 0 radical (unpaired) electrons. The van der Waals surface area contributed by atoms with E-state index in [4.69, 9.17) is 11.6 Å². The number of nitrogens with one attached hydrogen (secondary N) is 1. The molecule has 2 rings (SSSR count). The fourth-order valence-electron chi connectivity index (χ4n) is 1.68. The molecule has 0 saturated carbocycles.